The third-order valence-electron chi connectivity index (χ3n) is 1.74. The molecule has 0 N–H and O–H groups in total. The molecule has 2 nitrogen and oxygen atoms in total. The first kappa shape index (κ1) is 10.9. The molecule has 13 heavy (non-hydrogen) atoms. The van der Waals surface area contributed by atoms with Crippen LogP contribution in [0.1, 0.15) is 25.6 Å². The van der Waals surface area contributed by atoms with Gasteiger partial charge in [0.1, 0.15) is 5.82 Å². The fourth-order valence-corrected chi connectivity index (χ4v) is 1.52. The molecule has 0 saturated carbocycles. The molecular weight excluding hydrogens is 289 g/mol. The Labute approximate surface area is 89.5 Å². The summed E-state index contributed by atoms with van der Waals surface area (Å²) in [7, 11) is 0. The number of rotatable bonds is 4. The number of nitrogens with zero attached hydrogens (tertiary/aromatic N) is 2. The van der Waals surface area contributed by atoms with Crippen molar-refractivity contribution in [2.24, 2.45) is 0 Å². The van der Waals surface area contributed by atoms with E-state index in [1.165, 1.54) is 12.4 Å². The summed E-state index contributed by atoms with van der Waals surface area (Å²) in [5.74, 6) is 0.459. The molecule has 0 atom stereocenters. The van der Waals surface area contributed by atoms with Gasteiger partial charge in [0, 0.05) is 41.4 Å². The summed E-state index contributed by atoms with van der Waals surface area (Å²) >= 11 is 1.11. The van der Waals surface area contributed by atoms with Crippen LogP contribution in [-0.4, -0.2) is 9.55 Å². The maximum atomic E-state index is 12.9. The summed E-state index contributed by atoms with van der Waals surface area (Å²) in [6.45, 7) is 2.02. The Morgan fingerprint density at radius 1 is 1.62 bits per heavy atom. The summed E-state index contributed by atoms with van der Waals surface area (Å²) in [5, 5.41) is 0. The second-order valence-electron chi connectivity index (χ2n) is 2.78. The second kappa shape index (κ2) is 4.34. The van der Waals surface area contributed by atoms with E-state index in [0.29, 0.717) is 12.2 Å². The fraction of sp³-hybridized carbons (Fsp3) is 0.625. The van der Waals surface area contributed by atoms with E-state index in [2.05, 4.69) is 4.98 Å². The number of hydrogen-bond acceptors (Lipinski definition) is 1. The lowest BCUT2D eigenvalue weighted by molar-refractivity contribution is 0.0429. The first-order valence-electron chi connectivity index (χ1n) is 4.15. The molecule has 0 radical (unpaired) electrons. The minimum Gasteiger partial charge on any atom is -0.266 e. The number of unbranched alkanes of at least 4 members (excludes halogenated alkanes) is 1. The van der Waals surface area contributed by atoms with E-state index in [-0.39, 0.29) is 0 Å². The molecule has 0 aliphatic carbocycles. The first-order chi connectivity index (χ1) is 6.05. The van der Waals surface area contributed by atoms with Crippen molar-refractivity contribution in [3.8, 4) is 0 Å². The van der Waals surface area contributed by atoms with Crippen LogP contribution in [0.4, 0.5) is 8.78 Å². The average molecular weight is 300 g/mol. The lowest BCUT2D eigenvalue weighted by atomic mass is 10.2. The van der Waals surface area contributed by atoms with Crippen LogP contribution in [0, 0.1) is 0 Å². The second-order valence-corrected chi connectivity index (χ2v) is 4.08. The van der Waals surface area contributed by atoms with Gasteiger partial charge in [-0.15, -0.1) is 0 Å². The maximum Gasteiger partial charge on any atom is 0.381 e. The number of alkyl halides is 3. The van der Waals surface area contributed by atoms with Crippen LogP contribution in [0.3, 0.4) is 0 Å². The summed E-state index contributed by atoms with van der Waals surface area (Å²) in [6, 6.07) is 0. The van der Waals surface area contributed by atoms with Crippen molar-refractivity contribution >= 4 is 22.6 Å². The van der Waals surface area contributed by atoms with Gasteiger partial charge < -0.3 is 0 Å². The number of halogens is 3. The maximum absolute atomic E-state index is 12.9. The third kappa shape index (κ3) is 2.89. The van der Waals surface area contributed by atoms with Crippen LogP contribution in [0.15, 0.2) is 12.4 Å². The van der Waals surface area contributed by atoms with Gasteiger partial charge in [0.15, 0.2) is 0 Å². The normalized spacial score (nSPS) is 12.0. The van der Waals surface area contributed by atoms with Crippen LogP contribution in [0.5, 0.6) is 0 Å². The zero-order chi connectivity index (χ0) is 9.90. The van der Waals surface area contributed by atoms with Gasteiger partial charge in [-0.05, 0) is 6.42 Å². The molecule has 0 bridgehead atoms. The van der Waals surface area contributed by atoms with E-state index in [1.807, 2.05) is 6.92 Å². The predicted molar refractivity (Wildman–Crippen MR) is 55.0 cm³/mol. The molecule has 1 rings (SSSR count). The van der Waals surface area contributed by atoms with Crippen molar-refractivity contribution in [3.05, 3.63) is 18.2 Å². The highest BCUT2D eigenvalue weighted by Crippen LogP contribution is 2.30. The quantitative estimate of drug-likeness (QED) is 0.617. The van der Waals surface area contributed by atoms with Gasteiger partial charge in [0.05, 0.1) is 0 Å². The standard InChI is InChI=1S/C8H11F2IN2/c1-2-3-4-7-12-5-6-13(7)8(9,10)11/h5-6H,2-4H2,1H3. The van der Waals surface area contributed by atoms with Gasteiger partial charge in [0.2, 0.25) is 0 Å². The van der Waals surface area contributed by atoms with Gasteiger partial charge in [-0.1, -0.05) is 13.3 Å². The molecule has 0 fully saturated rings. The molecule has 0 unspecified atom stereocenters. The van der Waals surface area contributed by atoms with Crippen molar-refractivity contribution in [2.75, 3.05) is 0 Å². The minimum absolute atomic E-state index is 0.459. The minimum atomic E-state index is -2.86. The Kier molecular flexibility index (Phi) is 3.63. The largest absolute Gasteiger partial charge is 0.381 e. The number of imidazole rings is 1. The van der Waals surface area contributed by atoms with Crippen molar-refractivity contribution in [1.29, 1.82) is 0 Å². The predicted octanol–water partition coefficient (Wildman–Crippen LogP) is 3.17. The van der Waals surface area contributed by atoms with Gasteiger partial charge in [-0.2, -0.15) is 8.78 Å². The Balaban J connectivity index is 2.77. The van der Waals surface area contributed by atoms with E-state index >= 15 is 0 Å². The number of hydrogen-bond donors (Lipinski definition) is 0. The van der Waals surface area contributed by atoms with Crippen LogP contribution >= 0.6 is 22.6 Å². The molecule has 0 saturated heterocycles. The zero-order valence-corrected chi connectivity index (χ0v) is 9.46. The molecular formula is C8H11F2IN2. The van der Waals surface area contributed by atoms with E-state index in [1.54, 1.807) is 0 Å². The smallest absolute Gasteiger partial charge is 0.266 e. The molecule has 0 aromatic carbocycles. The zero-order valence-electron chi connectivity index (χ0n) is 7.30. The van der Waals surface area contributed by atoms with E-state index in [0.717, 1.165) is 40.0 Å². The fourth-order valence-electron chi connectivity index (χ4n) is 1.09. The van der Waals surface area contributed by atoms with Crippen LogP contribution in [-0.2, 0) is 10.5 Å². The van der Waals surface area contributed by atoms with Crippen molar-refractivity contribution < 1.29 is 8.78 Å². The molecule has 5 heteroatoms. The Morgan fingerprint density at radius 2 is 2.31 bits per heavy atom. The van der Waals surface area contributed by atoms with E-state index < -0.39 is 4.05 Å². The highest BCUT2D eigenvalue weighted by molar-refractivity contribution is 14.1. The van der Waals surface area contributed by atoms with Gasteiger partial charge in [0.25, 0.3) is 0 Å². The Morgan fingerprint density at radius 3 is 2.85 bits per heavy atom. The number of aryl methyl sites for hydroxylation is 1. The highest BCUT2D eigenvalue weighted by Gasteiger charge is 2.28. The summed E-state index contributed by atoms with van der Waals surface area (Å²) in [5.41, 5.74) is 0. The third-order valence-corrected chi connectivity index (χ3v) is 2.26. The molecule has 0 amide bonds. The van der Waals surface area contributed by atoms with Gasteiger partial charge in [-0.25, -0.2) is 4.98 Å². The Bertz CT molecular complexity index is 267. The molecule has 1 aromatic rings. The average Bonchev–Trinajstić information content (AvgIpc) is 2.47. The topological polar surface area (TPSA) is 17.8 Å². The molecule has 0 aliphatic rings. The summed E-state index contributed by atoms with van der Waals surface area (Å²) < 4.78 is 23.8. The molecule has 74 valence electrons. The SMILES string of the molecule is CCCCc1nccn1C(F)(F)I. The molecule has 0 aliphatic heterocycles. The van der Waals surface area contributed by atoms with Gasteiger partial charge in [-0.3, -0.25) is 4.57 Å². The monoisotopic (exact) mass is 300 g/mol. The van der Waals surface area contributed by atoms with E-state index in [9.17, 15) is 8.78 Å². The highest BCUT2D eigenvalue weighted by atomic mass is 127. The molecule has 0 spiro atoms. The van der Waals surface area contributed by atoms with Crippen LogP contribution < -0.4 is 0 Å². The van der Waals surface area contributed by atoms with Crippen molar-refractivity contribution in [1.82, 2.24) is 9.55 Å². The van der Waals surface area contributed by atoms with Crippen LogP contribution in [0.2, 0.25) is 0 Å². The number of aromatic nitrogens is 2. The summed E-state index contributed by atoms with van der Waals surface area (Å²) in [4.78, 5) is 3.90. The van der Waals surface area contributed by atoms with Crippen molar-refractivity contribution in [3.63, 3.8) is 0 Å². The first-order valence-corrected chi connectivity index (χ1v) is 5.23. The lowest BCUT2D eigenvalue weighted by Crippen LogP contribution is -2.16. The van der Waals surface area contributed by atoms with E-state index in [4.69, 9.17) is 0 Å². The van der Waals surface area contributed by atoms with Crippen LogP contribution in [0.25, 0.3) is 0 Å². The van der Waals surface area contributed by atoms with Gasteiger partial charge >= 0.3 is 4.05 Å². The Hall–Kier alpha value is -0.200. The van der Waals surface area contributed by atoms with Crippen molar-refractivity contribution in [2.45, 2.75) is 30.2 Å². The molecule has 1 heterocycles. The molecule has 1 aromatic heterocycles. The summed E-state index contributed by atoms with van der Waals surface area (Å²) in [6.07, 6.45) is 5.22. The lowest BCUT2D eigenvalue weighted by Gasteiger charge is -2.12.